The summed E-state index contributed by atoms with van der Waals surface area (Å²) >= 11 is 17.4. The predicted molar refractivity (Wildman–Crippen MR) is 58.4 cm³/mol. The van der Waals surface area contributed by atoms with Gasteiger partial charge in [-0.3, -0.25) is 4.90 Å². The molecule has 16 heavy (non-hydrogen) atoms. The highest BCUT2D eigenvalue weighted by Crippen LogP contribution is 2.39. The Hall–Kier alpha value is -0.590. The zero-order valence-electron chi connectivity index (χ0n) is 8.47. The molecule has 2 aliphatic rings. The Morgan fingerprint density at radius 3 is 1.88 bits per heavy atom. The van der Waals surface area contributed by atoms with Crippen molar-refractivity contribution in [1.82, 2.24) is 18.2 Å². The van der Waals surface area contributed by atoms with Crippen molar-refractivity contribution in [2.24, 2.45) is 0 Å². The minimum atomic E-state index is -0.775. The molecule has 0 saturated carbocycles. The lowest BCUT2D eigenvalue weighted by atomic mass is 10.3. The van der Waals surface area contributed by atoms with Crippen molar-refractivity contribution < 1.29 is 9.59 Å². The summed E-state index contributed by atoms with van der Waals surface area (Å²) in [5.41, 5.74) is 0. The first-order valence-electron chi connectivity index (χ1n) is 4.59. The lowest BCUT2D eigenvalue weighted by Gasteiger charge is -2.27. The van der Waals surface area contributed by atoms with Gasteiger partial charge in [0, 0.05) is 41.4 Å². The van der Waals surface area contributed by atoms with Crippen LogP contribution in [-0.4, -0.2) is 48.6 Å². The second-order valence-electron chi connectivity index (χ2n) is 3.83. The lowest BCUT2D eigenvalue weighted by Crippen LogP contribution is -2.45. The van der Waals surface area contributed by atoms with Crippen LogP contribution in [0.5, 0.6) is 0 Å². The van der Waals surface area contributed by atoms with Gasteiger partial charge >= 0.3 is 12.1 Å². The van der Waals surface area contributed by atoms with Gasteiger partial charge < -0.3 is 0 Å². The largest absolute Gasteiger partial charge is 0.353 e. The highest BCUT2D eigenvalue weighted by atomic mass is 35.5. The number of urea groups is 2. The zero-order chi connectivity index (χ0) is 12.2. The fourth-order valence-electron chi connectivity index (χ4n) is 1.87. The van der Waals surface area contributed by atoms with Crippen LogP contribution in [-0.2, 0) is 0 Å². The van der Waals surface area contributed by atoms with Crippen LogP contribution in [0.4, 0.5) is 9.59 Å². The third-order valence-corrected chi connectivity index (χ3v) is 3.61. The fraction of sp³-hybridized carbons (Fsp3) is 0.714. The Morgan fingerprint density at radius 1 is 0.938 bits per heavy atom. The average Bonchev–Trinajstić information content (AvgIpc) is 2.59. The summed E-state index contributed by atoms with van der Waals surface area (Å²) in [5, 5.41) is 0. The molecule has 2 aliphatic heterocycles. The van der Waals surface area contributed by atoms with Crippen LogP contribution in [0.1, 0.15) is 13.8 Å². The molecule has 0 aromatic carbocycles. The molecule has 0 aliphatic carbocycles. The molecule has 0 spiro atoms. The summed E-state index contributed by atoms with van der Waals surface area (Å²) in [4.78, 5) is 24.7. The lowest BCUT2D eigenvalue weighted by molar-refractivity contribution is 0.149. The number of carbonyl (C=O) groups is 2. The number of hydrogen-bond acceptors (Lipinski definition) is 2. The van der Waals surface area contributed by atoms with E-state index in [1.807, 2.05) is 0 Å². The second-order valence-corrected chi connectivity index (χ2v) is 4.92. The first-order chi connectivity index (χ1) is 7.37. The van der Waals surface area contributed by atoms with Crippen LogP contribution in [0.25, 0.3) is 0 Å². The maximum absolute atomic E-state index is 11.8. The van der Waals surface area contributed by atoms with E-state index in [1.54, 1.807) is 13.8 Å². The predicted octanol–water partition coefficient (Wildman–Crippen LogP) is 1.98. The Labute approximate surface area is 108 Å². The molecule has 0 bridgehead atoms. The van der Waals surface area contributed by atoms with Gasteiger partial charge in [0.2, 0.25) is 0 Å². The van der Waals surface area contributed by atoms with Gasteiger partial charge in [0.15, 0.2) is 12.3 Å². The van der Waals surface area contributed by atoms with E-state index in [2.05, 4.69) is 0 Å². The number of carbonyl (C=O) groups excluding carboxylic acids is 2. The quantitative estimate of drug-likeness (QED) is 0.692. The van der Waals surface area contributed by atoms with Gasteiger partial charge in [0.25, 0.3) is 0 Å². The monoisotopic (exact) mass is 286 g/mol. The summed E-state index contributed by atoms with van der Waals surface area (Å²) in [6, 6.07) is -1.15. The summed E-state index contributed by atoms with van der Waals surface area (Å²) in [6.45, 7) is 3.61. The summed E-state index contributed by atoms with van der Waals surface area (Å²) in [5.74, 6) is 0. The molecule has 90 valence electrons. The van der Waals surface area contributed by atoms with Gasteiger partial charge in [-0.15, -0.1) is 0 Å². The van der Waals surface area contributed by atoms with Crippen molar-refractivity contribution in [1.29, 1.82) is 0 Å². The van der Waals surface area contributed by atoms with E-state index in [4.69, 9.17) is 35.3 Å². The SMILES string of the molecule is CC(C)N1C(=O)N(Cl)C2C1N(Cl)C(=O)N2Cl. The first-order valence-corrected chi connectivity index (χ1v) is 5.60. The Bertz CT molecular complexity index is 353. The van der Waals surface area contributed by atoms with Crippen LogP contribution in [0, 0.1) is 0 Å². The third kappa shape index (κ3) is 1.33. The van der Waals surface area contributed by atoms with Crippen LogP contribution in [0.2, 0.25) is 0 Å². The van der Waals surface area contributed by atoms with E-state index >= 15 is 0 Å². The molecule has 2 atom stereocenters. The molecule has 2 fully saturated rings. The third-order valence-electron chi connectivity index (χ3n) is 2.57. The summed E-state index contributed by atoms with van der Waals surface area (Å²) in [6.07, 6.45) is -1.44. The molecule has 0 aromatic rings. The second kappa shape index (κ2) is 3.72. The minimum absolute atomic E-state index is 0.138. The van der Waals surface area contributed by atoms with E-state index < -0.39 is 24.4 Å². The van der Waals surface area contributed by atoms with E-state index in [9.17, 15) is 9.59 Å². The van der Waals surface area contributed by atoms with Crippen molar-refractivity contribution in [3.8, 4) is 0 Å². The van der Waals surface area contributed by atoms with Gasteiger partial charge in [0.1, 0.15) is 0 Å². The van der Waals surface area contributed by atoms with Crippen molar-refractivity contribution in [3.05, 3.63) is 0 Å². The molecule has 0 radical (unpaired) electrons. The molecule has 2 unspecified atom stereocenters. The van der Waals surface area contributed by atoms with Gasteiger partial charge in [-0.1, -0.05) is 0 Å². The maximum atomic E-state index is 11.8. The first kappa shape index (κ1) is 11.9. The molecule has 2 rings (SSSR count). The minimum Gasteiger partial charge on any atom is -0.295 e. The van der Waals surface area contributed by atoms with Gasteiger partial charge in [0.05, 0.1) is 0 Å². The molecule has 0 N–H and O–H groups in total. The normalized spacial score (nSPS) is 29.9. The van der Waals surface area contributed by atoms with Crippen molar-refractivity contribution in [2.75, 3.05) is 0 Å². The number of rotatable bonds is 1. The number of fused-ring (bicyclic) bond motifs is 1. The van der Waals surface area contributed by atoms with Crippen LogP contribution >= 0.6 is 35.3 Å². The molecule has 4 amide bonds. The van der Waals surface area contributed by atoms with E-state index in [0.29, 0.717) is 0 Å². The van der Waals surface area contributed by atoms with Crippen LogP contribution in [0.15, 0.2) is 0 Å². The zero-order valence-corrected chi connectivity index (χ0v) is 10.7. The molecular formula is C7H9Cl3N4O2. The van der Waals surface area contributed by atoms with Gasteiger partial charge in [-0.05, 0) is 13.8 Å². The molecular weight excluding hydrogens is 278 g/mol. The van der Waals surface area contributed by atoms with Crippen LogP contribution < -0.4 is 0 Å². The topological polar surface area (TPSA) is 47.1 Å². The van der Waals surface area contributed by atoms with E-state index in [0.717, 1.165) is 13.3 Å². The molecule has 6 nitrogen and oxygen atoms in total. The van der Waals surface area contributed by atoms with Crippen molar-refractivity contribution in [2.45, 2.75) is 32.2 Å². The molecule has 2 saturated heterocycles. The highest BCUT2D eigenvalue weighted by molar-refractivity contribution is 6.31. The fourth-order valence-corrected chi connectivity index (χ4v) is 2.78. The maximum Gasteiger partial charge on any atom is 0.353 e. The molecule has 9 heteroatoms. The van der Waals surface area contributed by atoms with Gasteiger partial charge in [-0.25, -0.2) is 22.8 Å². The van der Waals surface area contributed by atoms with E-state index in [-0.39, 0.29) is 6.04 Å². The standard InChI is InChI=1S/C7H9Cl3N4O2/c1-3(2)11-4-5(13(9)6(11)15)14(10)7(16)12(4)8/h3-5H,1-2H3. The number of hydrogen-bond donors (Lipinski definition) is 0. The summed E-state index contributed by atoms with van der Waals surface area (Å²) in [7, 11) is 0. The molecule has 2 heterocycles. The van der Waals surface area contributed by atoms with Gasteiger partial charge in [-0.2, -0.15) is 0 Å². The average molecular weight is 288 g/mol. The smallest absolute Gasteiger partial charge is 0.295 e. The Balaban J connectivity index is 2.40. The van der Waals surface area contributed by atoms with Crippen LogP contribution in [0.3, 0.4) is 0 Å². The Morgan fingerprint density at radius 2 is 1.38 bits per heavy atom. The molecule has 0 aromatic heterocycles. The number of amides is 4. The van der Waals surface area contributed by atoms with E-state index in [1.165, 1.54) is 4.90 Å². The number of nitrogens with zero attached hydrogens (tertiary/aromatic N) is 4. The number of halogens is 3. The highest BCUT2D eigenvalue weighted by Gasteiger charge is 2.60. The van der Waals surface area contributed by atoms with Crippen molar-refractivity contribution in [3.63, 3.8) is 0 Å². The summed E-state index contributed by atoms with van der Waals surface area (Å²) < 4.78 is 2.60. The van der Waals surface area contributed by atoms with Crippen molar-refractivity contribution >= 4 is 47.4 Å². The Kier molecular flexibility index (Phi) is 2.76.